The number of carbonyl (C=O) groups is 4. The van der Waals surface area contributed by atoms with Crippen LogP contribution >= 0.6 is 34.8 Å². The lowest BCUT2D eigenvalue weighted by Gasteiger charge is -2.26. The molecule has 2 aromatic heterocycles. The van der Waals surface area contributed by atoms with Crippen molar-refractivity contribution in [2.24, 2.45) is 0 Å². The molecule has 2 fully saturated rings. The van der Waals surface area contributed by atoms with Gasteiger partial charge < -0.3 is 46.4 Å². The number of urea groups is 3. The van der Waals surface area contributed by atoms with E-state index >= 15 is 0 Å². The van der Waals surface area contributed by atoms with Crippen LogP contribution in [0.4, 0.5) is 48.8 Å². The molecule has 0 aliphatic carbocycles. The van der Waals surface area contributed by atoms with E-state index in [1.54, 1.807) is 94.8 Å². The van der Waals surface area contributed by atoms with Crippen LogP contribution in [0.1, 0.15) is 28.8 Å². The molecule has 2 aliphatic rings. The predicted molar refractivity (Wildman–Crippen MR) is 306 cm³/mol. The number of rotatable bonds is 12. The van der Waals surface area contributed by atoms with Gasteiger partial charge in [-0.2, -0.15) is 5.10 Å². The largest absolute Gasteiger partial charge is 0.378 e. The molecule has 394 valence electrons. The number of nitrogens with zero attached hydrogens (tertiary/aromatic N) is 6. The van der Waals surface area contributed by atoms with E-state index < -0.39 is 0 Å². The molecule has 4 heterocycles. The summed E-state index contributed by atoms with van der Waals surface area (Å²) in [6, 6.07) is 46.1. The highest BCUT2D eigenvalue weighted by Crippen LogP contribution is 2.25. The fourth-order valence-electron chi connectivity index (χ4n) is 7.90. The normalized spacial score (nSPS) is 12.7. The Morgan fingerprint density at radius 1 is 0.545 bits per heavy atom. The van der Waals surface area contributed by atoms with Crippen molar-refractivity contribution in [1.82, 2.24) is 30.0 Å². The average Bonchev–Trinajstić information content (AvgIpc) is 4.21. The van der Waals surface area contributed by atoms with E-state index in [0.29, 0.717) is 81.9 Å². The number of aromatic nitrogens is 4. The fourth-order valence-corrected chi connectivity index (χ4v) is 8.28. The minimum Gasteiger partial charge on any atom is -0.378 e. The number of ether oxygens (including phenoxy) is 1. The zero-order valence-corrected chi connectivity index (χ0v) is 43.9. The van der Waals surface area contributed by atoms with Gasteiger partial charge in [-0.05, 0) is 158 Å². The average molecular weight is 1090 g/mol. The van der Waals surface area contributed by atoms with Gasteiger partial charge in [0.15, 0.2) is 0 Å². The van der Waals surface area contributed by atoms with Crippen molar-refractivity contribution < 1.29 is 23.9 Å². The lowest BCUT2D eigenvalue weighted by atomic mass is 10.1. The fraction of sp³-hybridized carbons (Fsp3) is 0.175. The van der Waals surface area contributed by atoms with Crippen molar-refractivity contribution in [2.45, 2.75) is 19.3 Å². The van der Waals surface area contributed by atoms with Gasteiger partial charge in [0.05, 0.1) is 24.6 Å². The van der Waals surface area contributed by atoms with E-state index in [0.717, 1.165) is 48.0 Å². The number of carbonyl (C=O) groups excluding carboxylic acids is 4. The molecular formula is C57H55Cl3N12O5. The zero-order valence-electron chi connectivity index (χ0n) is 41.7. The van der Waals surface area contributed by atoms with Gasteiger partial charge in [-0.15, -0.1) is 0 Å². The summed E-state index contributed by atoms with van der Waals surface area (Å²) in [5.74, 6) is 0.742. The number of amides is 7. The zero-order chi connectivity index (χ0) is 53.8. The number of hydrogen-bond acceptors (Lipinski definition) is 9. The van der Waals surface area contributed by atoms with Crippen LogP contribution < -0.4 is 36.8 Å². The monoisotopic (exact) mass is 1090 g/mol. The van der Waals surface area contributed by atoms with E-state index in [2.05, 4.69) is 46.9 Å². The predicted octanol–water partition coefficient (Wildman–Crippen LogP) is 12.4. The first kappa shape index (κ1) is 54.8. The summed E-state index contributed by atoms with van der Waals surface area (Å²) in [5.41, 5.74) is 7.75. The van der Waals surface area contributed by atoms with Crippen LogP contribution in [-0.4, -0.2) is 94.6 Å². The standard InChI is InChI=1S/C21H20ClN5O.C20H22ClN3O3.C16H13ClN4O/c22-16-6-8-17(9-7-16)24-21(28)25-18-5-3-4-15(14-18)19-10-11-23-20(26-19)27-12-1-2-13-27;21-17-5-1-15(2-6-17)9-10-22-20(26)23-18-7-3-16(4-8-18)19(25)24-11-13-27-14-12-24;17-12-2-4-13(5-3-12)19-16(22)20-14-6-8-15(9-7-14)21-11-1-10-18-21/h3-11,14H,1-2,12-13H2,(H2,24,25,28);1-8H,9-14H2,(H2,22,23,26);1-11H,(H2,19,20,22). The van der Waals surface area contributed by atoms with Crippen LogP contribution in [-0.2, 0) is 11.2 Å². The minimum atomic E-state index is -0.320. The molecule has 77 heavy (non-hydrogen) atoms. The molecule has 0 spiro atoms. The van der Waals surface area contributed by atoms with E-state index in [-0.39, 0.29) is 24.0 Å². The topological polar surface area (TPSA) is 200 Å². The van der Waals surface area contributed by atoms with E-state index in [4.69, 9.17) is 44.5 Å². The quantitative estimate of drug-likeness (QED) is 0.0689. The number of halogens is 3. The molecule has 0 bridgehead atoms. The summed E-state index contributed by atoms with van der Waals surface area (Å²) in [7, 11) is 0. The summed E-state index contributed by atoms with van der Waals surface area (Å²) >= 11 is 17.5. The van der Waals surface area contributed by atoms with Crippen LogP contribution in [0.2, 0.25) is 15.1 Å². The lowest BCUT2D eigenvalue weighted by Crippen LogP contribution is -2.40. The van der Waals surface area contributed by atoms with Gasteiger partial charge >= 0.3 is 18.1 Å². The maximum absolute atomic E-state index is 12.4. The first-order valence-electron chi connectivity index (χ1n) is 24.7. The molecule has 0 saturated carbocycles. The highest BCUT2D eigenvalue weighted by atomic mass is 35.5. The number of anilines is 6. The molecule has 7 amide bonds. The molecule has 2 aliphatic heterocycles. The van der Waals surface area contributed by atoms with Gasteiger partial charge in [-0.3, -0.25) is 4.79 Å². The Kier molecular flexibility index (Phi) is 19.8. The highest BCUT2D eigenvalue weighted by Gasteiger charge is 2.19. The van der Waals surface area contributed by atoms with Gasteiger partial charge in [0.2, 0.25) is 5.95 Å². The maximum atomic E-state index is 12.4. The van der Waals surface area contributed by atoms with Crippen molar-refractivity contribution >= 4 is 93.2 Å². The Morgan fingerprint density at radius 2 is 1.08 bits per heavy atom. The summed E-state index contributed by atoms with van der Waals surface area (Å²) in [6.45, 7) is 4.86. The van der Waals surface area contributed by atoms with Crippen LogP contribution in [0.25, 0.3) is 16.9 Å². The number of benzene rings is 6. The minimum absolute atomic E-state index is 0.0164. The molecule has 0 atom stereocenters. The first-order valence-corrected chi connectivity index (χ1v) is 25.8. The molecule has 20 heteroatoms. The van der Waals surface area contributed by atoms with E-state index in [1.165, 1.54) is 12.8 Å². The van der Waals surface area contributed by atoms with Crippen molar-refractivity contribution in [2.75, 3.05) is 77.4 Å². The third-order valence-electron chi connectivity index (χ3n) is 11.8. The molecule has 17 nitrogen and oxygen atoms in total. The Bertz CT molecular complexity index is 3180. The van der Waals surface area contributed by atoms with Crippen LogP contribution in [0, 0.1) is 0 Å². The van der Waals surface area contributed by atoms with Crippen molar-refractivity contribution in [3.63, 3.8) is 0 Å². The SMILES string of the molecule is O=C(NCCc1ccc(Cl)cc1)Nc1ccc(C(=O)N2CCOCC2)cc1.O=C(Nc1ccc(Cl)cc1)Nc1ccc(-n2cccn2)cc1.O=C(Nc1ccc(Cl)cc1)Nc1cccc(-c2ccnc(N3CCCC3)n2)c1. The maximum Gasteiger partial charge on any atom is 0.323 e. The molecular weight excluding hydrogens is 1040 g/mol. The second-order valence-electron chi connectivity index (χ2n) is 17.4. The second kappa shape index (κ2) is 27.9. The molecule has 0 unspecified atom stereocenters. The van der Waals surface area contributed by atoms with Crippen molar-refractivity contribution in [1.29, 1.82) is 0 Å². The molecule has 6 aromatic carbocycles. The highest BCUT2D eigenvalue weighted by molar-refractivity contribution is 6.31. The number of morpholine rings is 1. The third kappa shape index (κ3) is 17.3. The van der Waals surface area contributed by atoms with E-state index in [9.17, 15) is 19.2 Å². The van der Waals surface area contributed by atoms with Crippen LogP contribution in [0.15, 0.2) is 176 Å². The number of nitrogens with one attached hydrogen (secondary N) is 6. The van der Waals surface area contributed by atoms with Crippen LogP contribution in [0.5, 0.6) is 0 Å². The second-order valence-corrected chi connectivity index (χ2v) is 18.7. The summed E-state index contributed by atoms with van der Waals surface area (Å²) in [5, 5.41) is 22.8. The summed E-state index contributed by atoms with van der Waals surface area (Å²) in [4.78, 5) is 61.6. The van der Waals surface area contributed by atoms with E-state index in [1.807, 2.05) is 91.1 Å². The van der Waals surface area contributed by atoms with Gasteiger partial charge in [0.25, 0.3) is 5.91 Å². The Hall–Kier alpha value is -8.48. The smallest absolute Gasteiger partial charge is 0.323 e. The molecule has 8 aromatic rings. The first-order chi connectivity index (χ1) is 37.5. The van der Waals surface area contributed by atoms with Crippen molar-refractivity contribution in [3.05, 3.63) is 203 Å². The summed E-state index contributed by atoms with van der Waals surface area (Å²) in [6.07, 6.45) is 8.42. The molecule has 2 saturated heterocycles. The Morgan fingerprint density at radius 3 is 1.65 bits per heavy atom. The molecule has 0 radical (unpaired) electrons. The van der Waals surface area contributed by atoms with Crippen molar-refractivity contribution in [3.8, 4) is 16.9 Å². The van der Waals surface area contributed by atoms with Gasteiger partial charge in [-0.1, -0.05) is 59.1 Å². The lowest BCUT2D eigenvalue weighted by molar-refractivity contribution is 0.0303. The number of hydrogen-bond donors (Lipinski definition) is 6. The summed E-state index contributed by atoms with van der Waals surface area (Å²) < 4.78 is 7.01. The van der Waals surface area contributed by atoms with Gasteiger partial charge in [-0.25, -0.2) is 29.0 Å². The molecule has 6 N–H and O–H groups in total. The third-order valence-corrected chi connectivity index (χ3v) is 12.6. The van der Waals surface area contributed by atoms with Gasteiger partial charge in [0.1, 0.15) is 0 Å². The Balaban J connectivity index is 0.000000154. The van der Waals surface area contributed by atoms with Crippen LogP contribution in [0.3, 0.4) is 0 Å². The molecule has 10 rings (SSSR count). The Labute approximate surface area is 460 Å². The van der Waals surface area contributed by atoms with Gasteiger partial charge in [0, 0.05) is 106 Å².